The average Bonchev–Trinajstić information content (AvgIpc) is 3.25. The number of benzene rings is 3. The summed E-state index contributed by atoms with van der Waals surface area (Å²) >= 11 is 1.47. The summed E-state index contributed by atoms with van der Waals surface area (Å²) in [4.78, 5) is 36.2. The number of hydrogen-bond acceptors (Lipinski definition) is 5. The second kappa shape index (κ2) is 11.5. The van der Waals surface area contributed by atoms with Gasteiger partial charge in [-0.2, -0.15) is 0 Å². The quantitative estimate of drug-likeness (QED) is 0.175. The van der Waals surface area contributed by atoms with E-state index in [4.69, 9.17) is 0 Å². The smallest absolute Gasteiger partial charge is 0.269 e. The Morgan fingerprint density at radius 1 is 1.00 bits per heavy atom. The number of rotatable bonds is 10. The number of non-ortho nitro benzene ring substituents is 1. The maximum atomic E-state index is 12.5. The topological polar surface area (TPSA) is 106 Å². The number of nitro benzene ring substituents is 1. The third-order valence-corrected chi connectivity index (χ3v) is 6.78. The zero-order valence-electron chi connectivity index (χ0n) is 19.8. The lowest BCUT2D eigenvalue weighted by Crippen LogP contribution is -2.27. The predicted molar refractivity (Wildman–Crippen MR) is 143 cm³/mol. The van der Waals surface area contributed by atoms with E-state index in [1.807, 2.05) is 54.7 Å². The highest BCUT2D eigenvalue weighted by molar-refractivity contribution is 8.00. The molecule has 0 spiro atoms. The number of para-hydroxylation sites is 1. The van der Waals surface area contributed by atoms with Crippen LogP contribution in [0.2, 0.25) is 0 Å². The number of nitro groups is 1. The number of nitrogens with one attached hydrogen (secondary N) is 2. The van der Waals surface area contributed by atoms with Crippen LogP contribution in [-0.4, -0.2) is 33.6 Å². The second-order valence-electron chi connectivity index (χ2n) is 8.15. The molecule has 0 aliphatic heterocycles. The second-order valence-corrected chi connectivity index (χ2v) is 9.17. The lowest BCUT2D eigenvalue weighted by Gasteiger charge is -2.07. The van der Waals surface area contributed by atoms with Crippen LogP contribution in [0, 0.1) is 10.1 Å². The molecule has 4 aromatic rings. The Morgan fingerprint density at radius 2 is 1.72 bits per heavy atom. The highest BCUT2D eigenvalue weighted by Gasteiger charge is 2.13. The van der Waals surface area contributed by atoms with E-state index in [-0.39, 0.29) is 23.3 Å². The minimum atomic E-state index is -0.498. The third-order valence-electron chi connectivity index (χ3n) is 5.74. The highest BCUT2D eigenvalue weighted by atomic mass is 32.2. The van der Waals surface area contributed by atoms with Crippen molar-refractivity contribution < 1.29 is 14.5 Å². The van der Waals surface area contributed by atoms with E-state index < -0.39 is 4.92 Å². The molecule has 0 bridgehead atoms. The van der Waals surface area contributed by atoms with Crippen molar-refractivity contribution >= 4 is 45.9 Å². The Morgan fingerprint density at radius 3 is 2.42 bits per heavy atom. The number of aryl methyl sites for hydroxylation is 1. The van der Waals surface area contributed by atoms with Crippen LogP contribution >= 0.6 is 11.8 Å². The average molecular weight is 503 g/mol. The van der Waals surface area contributed by atoms with Crippen molar-refractivity contribution in [2.45, 2.75) is 24.8 Å². The van der Waals surface area contributed by atoms with Crippen LogP contribution in [0.3, 0.4) is 0 Å². The van der Waals surface area contributed by atoms with Crippen LogP contribution in [0.25, 0.3) is 10.9 Å². The SMILES string of the molecule is CCc1ccc(NC(=O)CSc2cn(CCNC(=O)c3ccc([N+](=O)[O-])cc3)c3ccccc23)cc1. The summed E-state index contributed by atoms with van der Waals surface area (Å²) in [7, 11) is 0. The lowest BCUT2D eigenvalue weighted by atomic mass is 10.1. The summed E-state index contributed by atoms with van der Waals surface area (Å²) in [5.41, 5.74) is 3.33. The van der Waals surface area contributed by atoms with Gasteiger partial charge in [0.05, 0.1) is 10.7 Å². The van der Waals surface area contributed by atoms with Gasteiger partial charge in [0.2, 0.25) is 5.91 Å². The molecular weight excluding hydrogens is 476 g/mol. The van der Waals surface area contributed by atoms with E-state index in [1.54, 1.807) is 0 Å². The maximum absolute atomic E-state index is 12.5. The standard InChI is InChI=1S/C27H26N4O4S/c1-2-19-7-11-21(12-8-19)29-26(32)18-36-25-17-30(24-6-4-3-5-23(24)25)16-15-28-27(33)20-9-13-22(14-10-20)31(34)35/h3-14,17H,2,15-16,18H2,1H3,(H,28,33)(H,29,32). The Hall–Kier alpha value is -4.11. The molecule has 0 aliphatic rings. The van der Waals surface area contributed by atoms with E-state index in [0.29, 0.717) is 18.7 Å². The molecule has 2 N–H and O–H groups in total. The normalized spacial score (nSPS) is 10.8. The van der Waals surface area contributed by atoms with Gasteiger partial charge in [-0.1, -0.05) is 37.3 Å². The molecule has 4 rings (SSSR count). The zero-order valence-corrected chi connectivity index (χ0v) is 20.6. The fraction of sp³-hybridized carbons (Fsp3) is 0.185. The van der Waals surface area contributed by atoms with Crippen LogP contribution in [0.15, 0.2) is 83.9 Å². The summed E-state index contributed by atoms with van der Waals surface area (Å²) in [6.45, 7) is 3.01. The molecule has 3 aromatic carbocycles. The van der Waals surface area contributed by atoms with Crippen molar-refractivity contribution in [3.05, 3.63) is 100 Å². The van der Waals surface area contributed by atoms with E-state index in [1.165, 1.54) is 41.6 Å². The summed E-state index contributed by atoms with van der Waals surface area (Å²) < 4.78 is 2.05. The maximum Gasteiger partial charge on any atom is 0.269 e. The molecule has 0 fully saturated rings. The van der Waals surface area contributed by atoms with Crippen molar-refractivity contribution in [2.24, 2.45) is 0 Å². The molecule has 0 atom stereocenters. The van der Waals surface area contributed by atoms with E-state index in [9.17, 15) is 19.7 Å². The molecule has 184 valence electrons. The number of nitrogens with zero attached hydrogens (tertiary/aromatic N) is 2. The molecule has 0 saturated carbocycles. The Balaban J connectivity index is 1.35. The van der Waals surface area contributed by atoms with Crippen molar-refractivity contribution in [1.29, 1.82) is 0 Å². The summed E-state index contributed by atoms with van der Waals surface area (Å²) in [6, 6.07) is 21.3. The number of carbonyl (C=O) groups is 2. The molecule has 0 saturated heterocycles. The Kier molecular flexibility index (Phi) is 8.02. The third kappa shape index (κ3) is 6.11. The first-order valence-corrected chi connectivity index (χ1v) is 12.5. The first-order chi connectivity index (χ1) is 17.4. The first kappa shape index (κ1) is 25.0. The number of hydrogen-bond donors (Lipinski definition) is 2. The van der Waals surface area contributed by atoms with Crippen molar-refractivity contribution in [1.82, 2.24) is 9.88 Å². The summed E-state index contributed by atoms with van der Waals surface area (Å²) in [6.07, 6.45) is 2.95. The molecule has 36 heavy (non-hydrogen) atoms. The molecule has 9 heteroatoms. The van der Waals surface area contributed by atoms with Gasteiger partial charge in [-0.25, -0.2) is 0 Å². The number of anilines is 1. The number of fused-ring (bicyclic) bond motifs is 1. The zero-order chi connectivity index (χ0) is 25.5. The minimum absolute atomic E-state index is 0.0570. The first-order valence-electron chi connectivity index (χ1n) is 11.6. The molecule has 0 unspecified atom stereocenters. The van der Waals surface area contributed by atoms with Crippen molar-refractivity contribution in [3.8, 4) is 0 Å². The van der Waals surface area contributed by atoms with Crippen molar-refractivity contribution in [2.75, 3.05) is 17.6 Å². The molecule has 1 heterocycles. The van der Waals surface area contributed by atoms with Crippen LogP contribution < -0.4 is 10.6 Å². The molecule has 8 nitrogen and oxygen atoms in total. The number of thioether (sulfide) groups is 1. The van der Waals surface area contributed by atoms with Gasteiger partial charge >= 0.3 is 0 Å². The minimum Gasteiger partial charge on any atom is -0.350 e. The highest BCUT2D eigenvalue weighted by Crippen LogP contribution is 2.30. The largest absolute Gasteiger partial charge is 0.350 e. The van der Waals surface area contributed by atoms with Gasteiger partial charge in [0.25, 0.3) is 11.6 Å². The number of carbonyl (C=O) groups excluding carboxylic acids is 2. The Bertz CT molecular complexity index is 1380. The van der Waals surface area contributed by atoms with E-state index >= 15 is 0 Å². The summed E-state index contributed by atoms with van der Waals surface area (Å²) in [5.74, 6) is -0.0866. The molecule has 2 amide bonds. The van der Waals surface area contributed by atoms with Gasteiger partial charge in [-0.05, 0) is 42.3 Å². The monoisotopic (exact) mass is 502 g/mol. The molecule has 0 radical (unpaired) electrons. The fourth-order valence-corrected chi connectivity index (χ4v) is 4.69. The molecular formula is C27H26N4O4S. The van der Waals surface area contributed by atoms with Crippen LogP contribution in [-0.2, 0) is 17.8 Å². The van der Waals surface area contributed by atoms with Gasteiger partial charge in [0, 0.05) is 58.5 Å². The lowest BCUT2D eigenvalue weighted by molar-refractivity contribution is -0.384. The van der Waals surface area contributed by atoms with Crippen molar-refractivity contribution in [3.63, 3.8) is 0 Å². The van der Waals surface area contributed by atoms with E-state index in [0.717, 1.165) is 27.9 Å². The fourth-order valence-electron chi connectivity index (χ4n) is 3.80. The van der Waals surface area contributed by atoms with Gasteiger partial charge in [-0.3, -0.25) is 19.7 Å². The van der Waals surface area contributed by atoms with Gasteiger partial charge in [0.15, 0.2) is 0 Å². The predicted octanol–water partition coefficient (Wildman–Crippen LogP) is 5.27. The number of amides is 2. The summed E-state index contributed by atoms with van der Waals surface area (Å²) in [5, 5.41) is 17.6. The van der Waals surface area contributed by atoms with Crippen LogP contribution in [0.1, 0.15) is 22.8 Å². The molecule has 1 aromatic heterocycles. The number of aromatic nitrogens is 1. The molecule has 0 aliphatic carbocycles. The van der Waals surface area contributed by atoms with Gasteiger partial charge in [-0.15, -0.1) is 11.8 Å². The van der Waals surface area contributed by atoms with Crippen LogP contribution in [0.5, 0.6) is 0 Å². The Labute approximate surface area is 212 Å². The van der Waals surface area contributed by atoms with Crippen LogP contribution in [0.4, 0.5) is 11.4 Å². The van der Waals surface area contributed by atoms with Gasteiger partial charge in [0.1, 0.15) is 0 Å². The van der Waals surface area contributed by atoms with E-state index in [2.05, 4.69) is 22.1 Å². The van der Waals surface area contributed by atoms with Gasteiger partial charge < -0.3 is 15.2 Å².